The summed E-state index contributed by atoms with van der Waals surface area (Å²) < 4.78 is 5.61. The van der Waals surface area contributed by atoms with Gasteiger partial charge in [0.25, 0.3) is 5.91 Å². The molecule has 3 rings (SSSR count). The van der Waals surface area contributed by atoms with E-state index in [-0.39, 0.29) is 11.9 Å². The third-order valence-corrected chi connectivity index (χ3v) is 5.39. The van der Waals surface area contributed by atoms with Gasteiger partial charge in [0.1, 0.15) is 12.2 Å². The molecule has 1 aromatic rings. The van der Waals surface area contributed by atoms with Gasteiger partial charge in [-0.25, -0.2) is 0 Å². The quantitative estimate of drug-likeness (QED) is 0.913. The minimum atomic E-state index is -0.623. The Morgan fingerprint density at radius 3 is 2.36 bits per heavy atom. The number of piperidine rings is 1. The first-order valence-electron chi connectivity index (χ1n) is 9.32. The standard InChI is InChI=1S/C20H28N2O3/c1-13(2)14-6-8-15(9-7-14)16-5-3-4-12-22(16)20(24)18-11-10-17(25-18)19(21)23/h6-9,13,16-18H,3-5,10-12H2,1-2H3,(H2,21,23)/t16-,17-,18-/m0/s1. The predicted octanol–water partition coefficient (Wildman–Crippen LogP) is 2.90. The summed E-state index contributed by atoms with van der Waals surface area (Å²) in [5.41, 5.74) is 7.80. The lowest BCUT2D eigenvalue weighted by molar-refractivity contribution is -0.149. The van der Waals surface area contributed by atoms with Crippen molar-refractivity contribution in [3.05, 3.63) is 35.4 Å². The van der Waals surface area contributed by atoms with Crippen LogP contribution in [-0.4, -0.2) is 35.5 Å². The van der Waals surface area contributed by atoms with Crippen molar-refractivity contribution in [1.29, 1.82) is 0 Å². The van der Waals surface area contributed by atoms with Gasteiger partial charge in [-0.05, 0) is 49.1 Å². The van der Waals surface area contributed by atoms with E-state index < -0.39 is 18.1 Å². The van der Waals surface area contributed by atoms with Crippen molar-refractivity contribution < 1.29 is 14.3 Å². The number of carbonyl (C=O) groups is 2. The number of rotatable bonds is 4. The molecule has 0 radical (unpaired) electrons. The van der Waals surface area contributed by atoms with Gasteiger partial charge in [-0.15, -0.1) is 0 Å². The van der Waals surface area contributed by atoms with Gasteiger partial charge in [-0.2, -0.15) is 0 Å². The number of ether oxygens (including phenoxy) is 1. The number of hydrogen-bond donors (Lipinski definition) is 1. The van der Waals surface area contributed by atoms with E-state index in [1.165, 1.54) is 11.1 Å². The lowest BCUT2D eigenvalue weighted by Gasteiger charge is -2.37. The van der Waals surface area contributed by atoms with Crippen LogP contribution in [0.5, 0.6) is 0 Å². The second kappa shape index (κ2) is 7.56. The van der Waals surface area contributed by atoms with Gasteiger partial charge >= 0.3 is 0 Å². The molecule has 2 saturated heterocycles. The Morgan fingerprint density at radius 1 is 1.08 bits per heavy atom. The number of nitrogens with zero attached hydrogens (tertiary/aromatic N) is 1. The molecule has 0 spiro atoms. The zero-order chi connectivity index (χ0) is 18.0. The van der Waals surface area contributed by atoms with Crippen molar-refractivity contribution in [3.8, 4) is 0 Å². The fraction of sp³-hybridized carbons (Fsp3) is 0.600. The van der Waals surface area contributed by atoms with Gasteiger partial charge in [0, 0.05) is 6.54 Å². The Morgan fingerprint density at radius 2 is 1.76 bits per heavy atom. The van der Waals surface area contributed by atoms with Gasteiger partial charge in [-0.3, -0.25) is 9.59 Å². The smallest absolute Gasteiger partial charge is 0.252 e. The molecule has 0 bridgehead atoms. The van der Waals surface area contributed by atoms with E-state index in [2.05, 4.69) is 38.1 Å². The maximum absolute atomic E-state index is 13.0. The molecule has 25 heavy (non-hydrogen) atoms. The highest BCUT2D eigenvalue weighted by atomic mass is 16.5. The van der Waals surface area contributed by atoms with Crippen LogP contribution in [0.4, 0.5) is 0 Å². The van der Waals surface area contributed by atoms with Gasteiger partial charge in [0.05, 0.1) is 6.04 Å². The molecule has 5 nitrogen and oxygen atoms in total. The third-order valence-electron chi connectivity index (χ3n) is 5.39. The highest BCUT2D eigenvalue weighted by molar-refractivity contribution is 5.84. The average Bonchev–Trinajstić information content (AvgIpc) is 3.11. The van der Waals surface area contributed by atoms with E-state index in [1.807, 2.05) is 4.90 Å². The summed E-state index contributed by atoms with van der Waals surface area (Å²) in [5, 5.41) is 0. The van der Waals surface area contributed by atoms with Crippen LogP contribution in [0.2, 0.25) is 0 Å². The maximum Gasteiger partial charge on any atom is 0.252 e. The molecule has 2 aliphatic rings. The lowest BCUT2D eigenvalue weighted by atomic mass is 9.92. The highest BCUT2D eigenvalue weighted by Gasteiger charge is 2.38. The van der Waals surface area contributed by atoms with Gasteiger partial charge in [-0.1, -0.05) is 38.1 Å². The number of likely N-dealkylation sites (tertiary alicyclic amines) is 1. The molecule has 2 heterocycles. The van der Waals surface area contributed by atoms with E-state index in [4.69, 9.17) is 10.5 Å². The lowest BCUT2D eigenvalue weighted by Crippen LogP contribution is -2.44. The van der Waals surface area contributed by atoms with Crippen LogP contribution in [0.1, 0.15) is 69.0 Å². The SMILES string of the molecule is CC(C)c1ccc([C@@H]2CCCCN2C(=O)[C@@H]2CC[C@@H](C(N)=O)O2)cc1. The van der Waals surface area contributed by atoms with Gasteiger partial charge in [0.2, 0.25) is 5.91 Å². The Hall–Kier alpha value is -1.88. The number of nitrogens with two attached hydrogens (primary N) is 1. The molecule has 2 fully saturated rings. The summed E-state index contributed by atoms with van der Waals surface area (Å²) in [5.74, 6) is 0.0203. The molecule has 0 aliphatic carbocycles. The molecular formula is C20H28N2O3. The largest absolute Gasteiger partial charge is 0.367 e. The molecule has 5 heteroatoms. The van der Waals surface area contributed by atoms with E-state index >= 15 is 0 Å². The summed E-state index contributed by atoms with van der Waals surface area (Å²) in [7, 11) is 0. The zero-order valence-electron chi connectivity index (χ0n) is 15.1. The first-order valence-corrected chi connectivity index (χ1v) is 9.32. The summed E-state index contributed by atoms with van der Waals surface area (Å²) in [4.78, 5) is 26.2. The average molecular weight is 344 g/mol. The van der Waals surface area contributed by atoms with Crippen molar-refractivity contribution in [1.82, 2.24) is 4.90 Å². The number of hydrogen-bond acceptors (Lipinski definition) is 3. The van der Waals surface area contributed by atoms with Crippen molar-refractivity contribution in [2.45, 2.75) is 70.1 Å². The number of primary amides is 1. The van der Waals surface area contributed by atoms with Crippen LogP contribution >= 0.6 is 0 Å². The topological polar surface area (TPSA) is 72.6 Å². The summed E-state index contributed by atoms with van der Waals surface area (Å²) in [6.45, 7) is 5.10. The van der Waals surface area contributed by atoms with Crippen molar-refractivity contribution in [2.24, 2.45) is 5.73 Å². The molecule has 136 valence electrons. The Bertz CT molecular complexity index is 626. The molecule has 0 saturated carbocycles. The Balaban J connectivity index is 1.74. The number of benzene rings is 1. The fourth-order valence-electron chi connectivity index (χ4n) is 3.86. The van der Waals surface area contributed by atoms with Crippen molar-refractivity contribution >= 4 is 11.8 Å². The fourth-order valence-corrected chi connectivity index (χ4v) is 3.86. The van der Waals surface area contributed by atoms with E-state index in [1.54, 1.807) is 0 Å². The second-order valence-electron chi connectivity index (χ2n) is 7.46. The van der Waals surface area contributed by atoms with E-state index in [0.29, 0.717) is 18.8 Å². The molecule has 2 amide bonds. The normalized spacial score (nSPS) is 26.8. The van der Waals surface area contributed by atoms with Crippen LogP contribution in [0.3, 0.4) is 0 Å². The first kappa shape index (κ1) is 17.9. The van der Waals surface area contributed by atoms with Crippen LogP contribution in [-0.2, 0) is 14.3 Å². The molecule has 0 unspecified atom stereocenters. The van der Waals surface area contributed by atoms with Gasteiger partial charge < -0.3 is 15.4 Å². The predicted molar refractivity (Wildman–Crippen MR) is 95.9 cm³/mol. The van der Waals surface area contributed by atoms with Crippen molar-refractivity contribution in [3.63, 3.8) is 0 Å². The monoisotopic (exact) mass is 344 g/mol. The van der Waals surface area contributed by atoms with E-state index in [0.717, 1.165) is 25.8 Å². The summed E-state index contributed by atoms with van der Waals surface area (Å²) in [6.07, 6.45) is 3.05. The van der Waals surface area contributed by atoms with Crippen molar-refractivity contribution in [2.75, 3.05) is 6.54 Å². The van der Waals surface area contributed by atoms with Crippen LogP contribution in [0, 0.1) is 0 Å². The van der Waals surface area contributed by atoms with E-state index in [9.17, 15) is 9.59 Å². The van der Waals surface area contributed by atoms with Crippen LogP contribution < -0.4 is 5.73 Å². The van der Waals surface area contributed by atoms with Gasteiger partial charge in [0.15, 0.2) is 0 Å². The molecule has 2 aliphatic heterocycles. The second-order valence-corrected chi connectivity index (χ2v) is 7.46. The number of amides is 2. The minimum absolute atomic E-state index is 0.00128. The Labute approximate surface area is 149 Å². The third kappa shape index (κ3) is 3.87. The molecule has 2 N–H and O–H groups in total. The molecule has 0 aromatic heterocycles. The van der Waals surface area contributed by atoms with Crippen LogP contribution in [0.15, 0.2) is 24.3 Å². The van der Waals surface area contributed by atoms with Crippen LogP contribution in [0.25, 0.3) is 0 Å². The highest BCUT2D eigenvalue weighted by Crippen LogP contribution is 2.34. The summed E-state index contributed by atoms with van der Waals surface area (Å²) in [6, 6.07) is 8.71. The minimum Gasteiger partial charge on any atom is -0.367 e. The summed E-state index contributed by atoms with van der Waals surface area (Å²) >= 11 is 0. The number of carbonyl (C=O) groups excluding carboxylic acids is 2. The maximum atomic E-state index is 13.0. The molecule has 3 atom stereocenters. The molecular weight excluding hydrogens is 316 g/mol. The Kier molecular flexibility index (Phi) is 5.42. The zero-order valence-corrected chi connectivity index (χ0v) is 15.1. The molecule has 1 aromatic carbocycles. The first-order chi connectivity index (χ1) is 12.0.